The number of hydroxylamine groups is 2. The van der Waals surface area contributed by atoms with Crippen LogP contribution in [0.4, 0.5) is 0 Å². The van der Waals surface area contributed by atoms with E-state index in [0.29, 0.717) is 25.9 Å². The Kier molecular flexibility index (Phi) is 30.5. The molecule has 0 aromatic rings. The van der Waals surface area contributed by atoms with Crippen LogP contribution >= 0.6 is 0 Å². The first kappa shape index (κ1) is 37.9. The molecule has 0 fully saturated rings. The zero-order chi connectivity index (χ0) is 28.7. The van der Waals surface area contributed by atoms with E-state index in [1.165, 1.54) is 128 Å². The molecule has 232 valence electrons. The largest absolute Gasteiger partial charge is 0.368 e. The maximum atomic E-state index is 12.0. The summed E-state index contributed by atoms with van der Waals surface area (Å²) in [5.41, 5.74) is 0. The van der Waals surface area contributed by atoms with Crippen molar-refractivity contribution in [1.82, 2.24) is 10.4 Å². The minimum atomic E-state index is -0.139. The second-order valence-electron chi connectivity index (χ2n) is 11.8. The van der Waals surface area contributed by atoms with E-state index in [-0.39, 0.29) is 11.9 Å². The van der Waals surface area contributed by atoms with Gasteiger partial charge in [0.15, 0.2) is 0 Å². The second kappa shape index (κ2) is 31.4. The normalized spacial score (nSPS) is 11.3. The highest BCUT2D eigenvalue weighted by atomic mass is 16.7. The van der Waals surface area contributed by atoms with Crippen LogP contribution in [0.5, 0.6) is 0 Å². The van der Waals surface area contributed by atoms with E-state index >= 15 is 0 Å². The molecule has 0 heterocycles. The summed E-state index contributed by atoms with van der Waals surface area (Å²) >= 11 is 0. The van der Waals surface area contributed by atoms with Crippen LogP contribution in [0.1, 0.15) is 187 Å². The summed E-state index contributed by atoms with van der Waals surface area (Å²) in [5.74, 6) is 0.00841. The van der Waals surface area contributed by atoms with Gasteiger partial charge < -0.3 is 10.2 Å². The summed E-state index contributed by atoms with van der Waals surface area (Å²) < 4.78 is 0. The number of carbonyl (C=O) groups excluding carboxylic acids is 2. The Bertz CT molecular complexity index is 527. The van der Waals surface area contributed by atoms with Crippen LogP contribution in [0.3, 0.4) is 0 Å². The fourth-order valence-electron chi connectivity index (χ4n) is 5.12. The van der Waals surface area contributed by atoms with Crippen LogP contribution in [0.25, 0.3) is 0 Å². The molecule has 0 atom stereocenters. The number of nitrogens with one attached hydrogen (secondary N) is 1. The molecule has 1 N–H and O–H groups in total. The van der Waals surface area contributed by atoms with Gasteiger partial charge in [-0.25, -0.2) is 0 Å². The van der Waals surface area contributed by atoms with E-state index < -0.39 is 0 Å². The molecule has 5 nitrogen and oxygen atoms in total. The van der Waals surface area contributed by atoms with Crippen molar-refractivity contribution in [2.75, 3.05) is 20.1 Å². The van der Waals surface area contributed by atoms with Crippen molar-refractivity contribution < 1.29 is 14.4 Å². The Balaban J connectivity index is 3.39. The molecule has 0 rings (SSSR count). The quantitative estimate of drug-likeness (QED) is 0.0686. The first-order valence-corrected chi connectivity index (χ1v) is 17.3. The van der Waals surface area contributed by atoms with E-state index in [4.69, 9.17) is 4.84 Å². The third-order valence-corrected chi connectivity index (χ3v) is 7.72. The van der Waals surface area contributed by atoms with Gasteiger partial charge in [0, 0.05) is 33.0 Å². The second-order valence-corrected chi connectivity index (χ2v) is 11.8. The molecule has 0 bridgehead atoms. The third-order valence-electron chi connectivity index (χ3n) is 7.72. The van der Waals surface area contributed by atoms with E-state index in [1.807, 2.05) is 0 Å². The fraction of sp³-hybridized carbons (Fsp3) is 0.941. The molecular formula is C34H68N2O3. The standard InChI is InChI=1S/C34H68N2O3/c1-4-6-8-10-12-14-16-17-19-20-22-24-26-29-33(37)35-31-28-32-36(3)39-34(38)30-27-25-23-21-18-15-13-11-9-7-5-2/h4-32H2,1-3H3,(H,35,37). The minimum absolute atomic E-state index is 0.139. The first-order chi connectivity index (χ1) is 19.1. The van der Waals surface area contributed by atoms with Crippen molar-refractivity contribution in [3.05, 3.63) is 0 Å². The Labute approximate surface area is 243 Å². The molecule has 0 radical (unpaired) electrons. The molecule has 1 amide bonds. The van der Waals surface area contributed by atoms with Crippen LogP contribution in [-0.4, -0.2) is 37.1 Å². The molecule has 0 saturated heterocycles. The Morgan fingerprint density at radius 3 is 1.28 bits per heavy atom. The molecule has 0 aliphatic rings. The zero-order valence-corrected chi connectivity index (χ0v) is 26.7. The summed E-state index contributed by atoms with van der Waals surface area (Å²) in [6.07, 6.45) is 33.2. The molecule has 0 unspecified atom stereocenters. The topological polar surface area (TPSA) is 58.6 Å². The average molecular weight is 553 g/mol. The van der Waals surface area contributed by atoms with Crippen molar-refractivity contribution in [3.63, 3.8) is 0 Å². The van der Waals surface area contributed by atoms with E-state index in [2.05, 4.69) is 19.2 Å². The van der Waals surface area contributed by atoms with E-state index in [9.17, 15) is 9.59 Å². The van der Waals surface area contributed by atoms with Crippen molar-refractivity contribution in [2.45, 2.75) is 187 Å². The molecule has 0 aliphatic heterocycles. The number of rotatable bonds is 31. The van der Waals surface area contributed by atoms with Crippen LogP contribution < -0.4 is 5.32 Å². The van der Waals surface area contributed by atoms with Crippen molar-refractivity contribution >= 4 is 11.9 Å². The van der Waals surface area contributed by atoms with Crippen molar-refractivity contribution in [2.24, 2.45) is 0 Å². The van der Waals surface area contributed by atoms with Gasteiger partial charge in [0.05, 0.1) is 0 Å². The summed E-state index contributed by atoms with van der Waals surface area (Å²) in [6.45, 7) is 5.81. The highest BCUT2D eigenvalue weighted by molar-refractivity contribution is 5.75. The lowest BCUT2D eigenvalue weighted by atomic mass is 10.0. The molecule has 0 spiro atoms. The zero-order valence-electron chi connectivity index (χ0n) is 26.7. The lowest BCUT2D eigenvalue weighted by Crippen LogP contribution is -2.29. The Morgan fingerprint density at radius 1 is 0.513 bits per heavy atom. The summed E-state index contributed by atoms with van der Waals surface area (Å²) in [7, 11) is 1.80. The Morgan fingerprint density at radius 2 is 0.872 bits per heavy atom. The molecule has 0 aliphatic carbocycles. The van der Waals surface area contributed by atoms with Gasteiger partial charge in [-0.15, -0.1) is 5.06 Å². The molecule has 0 saturated carbocycles. The number of hydrogen-bond acceptors (Lipinski definition) is 4. The maximum absolute atomic E-state index is 12.0. The van der Waals surface area contributed by atoms with Gasteiger partial charge in [0.1, 0.15) is 0 Å². The third kappa shape index (κ3) is 31.3. The lowest BCUT2D eigenvalue weighted by Gasteiger charge is -2.16. The number of hydrogen-bond donors (Lipinski definition) is 1. The van der Waals surface area contributed by atoms with Crippen LogP contribution in [-0.2, 0) is 14.4 Å². The summed E-state index contributed by atoms with van der Waals surface area (Å²) in [4.78, 5) is 29.4. The number of nitrogens with zero attached hydrogens (tertiary/aromatic N) is 1. The van der Waals surface area contributed by atoms with Crippen molar-refractivity contribution in [1.29, 1.82) is 0 Å². The monoisotopic (exact) mass is 553 g/mol. The van der Waals surface area contributed by atoms with Gasteiger partial charge in [-0.3, -0.25) is 9.59 Å². The summed E-state index contributed by atoms with van der Waals surface area (Å²) in [6, 6.07) is 0. The van der Waals surface area contributed by atoms with Gasteiger partial charge in [0.2, 0.25) is 5.91 Å². The molecule has 0 aromatic carbocycles. The fourth-order valence-corrected chi connectivity index (χ4v) is 5.12. The number of carbonyl (C=O) groups is 2. The van der Waals surface area contributed by atoms with Crippen LogP contribution in [0.2, 0.25) is 0 Å². The predicted molar refractivity (Wildman–Crippen MR) is 168 cm³/mol. The molecule has 5 heteroatoms. The van der Waals surface area contributed by atoms with Crippen LogP contribution in [0.15, 0.2) is 0 Å². The molecule has 0 aromatic heterocycles. The lowest BCUT2D eigenvalue weighted by molar-refractivity contribution is -0.184. The highest BCUT2D eigenvalue weighted by Gasteiger charge is 2.08. The molecule has 39 heavy (non-hydrogen) atoms. The molecular weight excluding hydrogens is 484 g/mol. The maximum Gasteiger partial charge on any atom is 0.325 e. The number of unbranched alkanes of at least 4 members (excludes halogenated alkanes) is 22. The smallest absolute Gasteiger partial charge is 0.325 e. The van der Waals surface area contributed by atoms with Gasteiger partial charge in [-0.2, -0.15) is 0 Å². The predicted octanol–water partition coefficient (Wildman–Crippen LogP) is 10.1. The first-order valence-electron chi connectivity index (χ1n) is 17.3. The van der Waals surface area contributed by atoms with Gasteiger partial charge in [-0.1, -0.05) is 155 Å². The Hall–Kier alpha value is -1.10. The van der Waals surface area contributed by atoms with Crippen molar-refractivity contribution in [3.8, 4) is 0 Å². The van der Waals surface area contributed by atoms with E-state index in [0.717, 1.165) is 32.1 Å². The van der Waals surface area contributed by atoms with Gasteiger partial charge >= 0.3 is 5.97 Å². The average Bonchev–Trinajstić information content (AvgIpc) is 2.92. The van der Waals surface area contributed by atoms with E-state index in [1.54, 1.807) is 12.1 Å². The van der Waals surface area contributed by atoms with Gasteiger partial charge in [0.25, 0.3) is 0 Å². The SMILES string of the molecule is CCCCCCCCCCCCCCCC(=O)NCCCN(C)OC(=O)CCCCCCCCCCCCC. The highest BCUT2D eigenvalue weighted by Crippen LogP contribution is 2.14. The summed E-state index contributed by atoms with van der Waals surface area (Å²) in [5, 5.41) is 4.61. The van der Waals surface area contributed by atoms with Gasteiger partial charge in [-0.05, 0) is 19.3 Å². The minimum Gasteiger partial charge on any atom is -0.368 e. The van der Waals surface area contributed by atoms with Crippen LogP contribution in [0, 0.1) is 0 Å². The number of amides is 1.